The molecule has 4 rings (SSSR count). The van der Waals surface area contributed by atoms with Gasteiger partial charge in [-0.05, 0) is 59.2 Å². The summed E-state index contributed by atoms with van der Waals surface area (Å²) in [5.41, 5.74) is 8.38. The summed E-state index contributed by atoms with van der Waals surface area (Å²) in [5.74, 6) is 0.826. The van der Waals surface area contributed by atoms with E-state index in [4.69, 9.17) is 15.9 Å². The van der Waals surface area contributed by atoms with Crippen LogP contribution in [-0.4, -0.2) is 35.8 Å². The molecule has 1 aliphatic rings. The Hall–Kier alpha value is -3.38. The third-order valence-electron chi connectivity index (χ3n) is 5.33. The maximum atomic E-state index is 11.1. The van der Waals surface area contributed by atoms with Crippen LogP contribution in [-0.2, 0) is 11.3 Å². The van der Waals surface area contributed by atoms with Crippen LogP contribution in [0.4, 0.5) is 5.69 Å². The highest BCUT2D eigenvalue weighted by atomic mass is 16.5. The summed E-state index contributed by atoms with van der Waals surface area (Å²) in [4.78, 5) is 13.5. The molecule has 4 N–H and O–H groups in total. The van der Waals surface area contributed by atoms with Crippen LogP contribution in [0.3, 0.4) is 0 Å². The average molecular weight is 402 g/mol. The molecule has 1 fully saturated rings. The van der Waals surface area contributed by atoms with E-state index in [1.165, 1.54) is 12.5 Å². The van der Waals surface area contributed by atoms with E-state index in [0.717, 1.165) is 53.8 Å². The number of carbonyl (C=O) groups excluding carboxylic acids is 1. The van der Waals surface area contributed by atoms with Crippen LogP contribution in [0.2, 0.25) is 0 Å². The number of amidine groups is 1. The molecule has 1 amide bonds. The molecule has 0 aromatic heterocycles. The fraction of sp³-hybridized carbons (Fsp3) is 0.250. The molecule has 1 aliphatic heterocycles. The molecule has 1 atom stereocenters. The summed E-state index contributed by atoms with van der Waals surface area (Å²) in [6.07, 6.45) is 1.14. The van der Waals surface area contributed by atoms with Gasteiger partial charge in [-0.3, -0.25) is 15.1 Å². The minimum absolute atomic E-state index is 0.0821. The molecule has 1 heterocycles. The Morgan fingerprint density at radius 2 is 1.90 bits per heavy atom. The molecule has 1 saturated heterocycles. The molecule has 0 aliphatic carbocycles. The first-order valence-electron chi connectivity index (χ1n) is 10.1. The number of hydrogen-bond acceptors (Lipinski definition) is 4. The van der Waals surface area contributed by atoms with E-state index in [-0.39, 0.29) is 17.8 Å². The Balaban J connectivity index is 1.36. The number of likely N-dealkylation sites (tertiary alicyclic amines) is 1. The molecule has 3 aromatic carbocycles. The molecule has 0 radical (unpaired) electrons. The molecule has 154 valence electrons. The number of rotatable bonds is 6. The lowest BCUT2D eigenvalue weighted by molar-refractivity contribution is -0.114. The SMILES string of the molecule is CC(=O)Nc1ccc(OC2CCN(Cc3ccc4ccc(C(=N)N)cc4c3)C2)cc1. The van der Waals surface area contributed by atoms with Gasteiger partial charge in [0.1, 0.15) is 17.7 Å². The second-order valence-electron chi connectivity index (χ2n) is 7.78. The highest BCUT2D eigenvalue weighted by Gasteiger charge is 2.24. The van der Waals surface area contributed by atoms with Crippen LogP contribution < -0.4 is 15.8 Å². The number of nitrogens with zero attached hydrogens (tertiary/aromatic N) is 1. The third-order valence-corrected chi connectivity index (χ3v) is 5.33. The van der Waals surface area contributed by atoms with E-state index in [0.29, 0.717) is 0 Å². The zero-order valence-corrected chi connectivity index (χ0v) is 17.0. The van der Waals surface area contributed by atoms with Gasteiger partial charge >= 0.3 is 0 Å². The number of benzene rings is 3. The molecule has 6 heteroatoms. The van der Waals surface area contributed by atoms with Crippen molar-refractivity contribution in [3.05, 3.63) is 71.8 Å². The van der Waals surface area contributed by atoms with Gasteiger partial charge in [-0.2, -0.15) is 0 Å². The number of nitrogens with one attached hydrogen (secondary N) is 2. The smallest absolute Gasteiger partial charge is 0.221 e. The molecule has 0 saturated carbocycles. The van der Waals surface area contributed by atoms with Gasteiger partial charge in [0.15, 0.2) is 0 Å². The fourth-order valence-electron chi connectivity index (χ4n) is 3.87. The number of ether oxygens (including phenoxy) is 1. The zero-order valence-electron chi connectivity index (χ0n) is 17.0. The lowest BCUT2D eigenvalue weighted by atomic mass is 10.0. The molecule has 0 spiro atoms. The van der Waals surface area contributed by atoms with E-state index >= 15 is 0 Å². The summed E-state index contributed by atoms with van der Waals surface area (Å²) < 4.78 is 6.12. The van der Waals surface area contributed by atoms with Gasteiger partial charge < -0.3 is 15.8 Å². The van der Waals surface area contributed by atoms with Gasteiger partial charge in [0.05, 0.1) is 0 Å². The van der Waals surface area contributed by atoms with Crippen LogP contribution in [0.15, 0.2) is 60.7 Å². The van der Waals surface area contributed by atoms with Crippen molar-refractivity contribution in [3.8, 4) is 5.75 Å². The van der Waals surface area contributed by atoms with E-state index < -0.39 is 0 Å². The minimum atomic E-state index is -0.0821. The molecular formula is C24H26N4O2. The van der Waals surface area contributed by atoms with E-state index in [9.17, 15) is 4.79 Å². The topological polar surface area (TPSA) is 91.4 Å². The highest BCUT2D eigenvalue weighted by molar-refractivity contribution is 5.99. The first-order chi connectivity index (χ1) is 14.5. The maximum Gasteiger partial charge on any atom is 0.221 e. The number of amides is 1. The monoisotopic (exact) mass is 402 g/mol. The number of nitrogens with two attached hydrogens (primary N) is 1. The lowest BCUT2D eigenvalue weighted by Gasteiger charge is -2.17. The number of anilines is 1. The Morgan fingerprint density at radius 3 is 2.63 bits per heavy atom. The second-order valence-corrected chi connectivity index (χ2v) is 7.78. The van der Waals surface area contributed by atoms with Gasteiger partial charge in [-0.1, -0.05) is 24.3 Å². The standard InChI is InChI=1S/C24H26N4O2/c1-16(29)27-21-6-8-22(9-7-21)30-23-10-11-28(15-23)14-17-2-3-18-4-5-19(24(25)26)13-20(18)12-17/h2-9,12-13,23H,10-11,14-15H2,1H3,(H3,25,26)(H,27,29). The number of nitrogen functional groups attached to an aromatic ring is 1. The molecular weight excluding hydrogens is 376 g/mol. The van der Waals surface area contributed by atoms with Crippen LogP contribution >= 0.6 is 0 Å². The zero-order chi connectivity index (χ0) is 21.1. The predicted octanol–water partition coefficient (Wildman–Crippen LogP) is 3.74. The van der Waals surface area contributed by atoms with Gasteiger partial charge in [0.2, 0.25) is 5.91 Å². The van der Waals surface area contributed by atoms with E-state index in [2.05, 4.69) is 28.4 Å². The summed E-state index contributed by atoms with van der Waals surface area (Å²) in [6.45, 7) is 4.22. The number of hydrogen-bond donors (Lipinski definition) is 3. The molecule has 0 bridgehead atoms. The van der Waals surface area contributed by atoms with Crippen LogP contribution in [0.25, 0.3) is 10.8 Å². The van der Waals surface area contributed by atoms with Crippen LogP contribution in [0.1, 0.15) is 24.5 Å². The lowest BCUT2D eigenvalue weighted by Crippen LogP contribution is -2.24. The Labute approximate surface area is 176 Å². The van der Waals surface area contributed by atoms with Gasteiger partial charge in [0.25, 0.3) is 0 Å². The minimum Gasteiger partial charge on any atom is -0.489 e. The molecule has 1 unspecified atom stereocenters. The highest BCUT2D eigenvalue weighted by Crippen LogP contribution is 2.23. The Kier molecular flexibility index (Phi) is 5.68. The third kappa shape index (κ3) is 4.78. The first-order valence-corrected chi connectivity index (χ1v) is 10.1. The molecule has 3 aromatic rings. The fourth-order valence-corrected chi connectivity index (χ4v) is 3.87. The molecule has 30 heavy (non-hydrogen) atoms. The van der Waals surface area contributed by atoms with Crippen molar-refractivity contribution in [2.24, 2.45) is 5.73 Å². The first kappa shape index (κ1) is 19.9. The molecule has 6 nitrogen and oxygen atoms in total. The quantitative estimate of drug-likeness (QED) is 0.433. The number of carbonyl (C=O) groups is 1. The van der Waals surface area contributed by atoms with Crippen LogP contribution in [0.5, 0.6) is 5.75 Å². The predicted molar refractivity (Wildman–Crippen MR) is 120 cm³/mol. The summed E-state index contributed by atoms with van der Waals surface area (Å²) >= 11 is 0. The summed E-state index contributed by atoms with van der Waals surface area (Å²) in [7, 11) is 0. The van der Waals surface area contributed by atoms with Gasteiger partial charge in [-0.25, -0.2) is 0 Å². The van der Waals surface area contributed by atoms with Crippen molar-refractivity contribution in [1.29, 1.82) is 5.41 Å². The maximum absolute atomic E-state index is 11.1. The van der Waals surface area contributed by atoms with Gasteiger partial charge in [0, 0.05) is 37.8 Å². The summed E-state index contributed by atoms with van der Waals surface area (Å²) in [5, 5.41) is 12.6. The average Bonchev–Trinajstić information content (AvgIpc) is 3.15. The normalized spacial score (nSPS) is 16.5. The largest absolute Gasteiger partial charge is 0.489 e. The van der Waals surface area contributed by atoms with Gasteiger partial charge in [-0.15, -0.1) is 0 Å². The van der Waals surface area contributed by atoms with Crippen molar-refractivity contribution in [3.63, 3.8) is 0 Å². The van der Waals surface area contributed by atoms with Crippen molar-refractivity contribution in [2.75, 3.05) is 18.4 Å². The Morgan fingerprint density at radius 1 is 1.13 bits per heavy atom. The van der Waals surface area contributed by atoms with E-state index in [1.807, 2.05) is 42.5 Å². The van der Waals surface area contributed by atoms with Crippen molar-refractivity contribution >= 4 is 28.2 Å². The van der Waals surface area contributed by atoms with Crippen molar-refractivity contribution < 1.29 is 9.53 Å². The summed E-state index contributed by atoms with van der Waals surface area (Å²) in [6, 6.07) is 19.8. The van der Waals surface area contributed by atoms with Crippen LogP contribution in [0, 0.1) is 5.41 Å². The Bertz CT molecular complexity index is 1080. The van der Waals surface area contributed by atoms with E-state index in [1.54, 1.807) is 0 Å². The van der Waals surface area contributed by atoms with Crippen molar-refractivity contribution in [1.82, 2.24) is 4.90 Å². The number of fused-ring (bicyclic) bond motifs is 1. The second kappa shape index (κ2) is 8.55. The van der Waals surface area contributed by atoms with Crippen molar-refractivity contribution in [2.45, 2.75) is 26.0 Å².